The van der Waals surface area contributed by atoms with Crippen LogP contribution in [0.4, 0.5) is 23.2 Å². The minimum absolute atomic E-state index is 0.170. The van der Waals surface area contributed by atoms with E-state index in [9.17, 15) is 17.6 Å². The number of aliphatic hydroxyl groups excluding tert-OH is 1. The van der Waals surface area contributed by atoms with Gasteiger partial charge in [0.25, 0.3) is 0 Å². The zero-order valence-corrected chi connectivity index (χ0v) is 7.88. The molecular formula is C8H8F4N2O2. The van der Waals surface area contributed by atoms with Crippen molar-refractivity contribution in [2.75, 3.05) is 5.73 Å². The Morgan fingerprint density at radius 1 is 1.44 bits per heavy atom. The summed E-state index contributed by atoms with van der Waals surface area (Å²) in [5.74, 6) is -0.799. The number of pyridine rings is 1. The molecule has 1 aromatic rings. The molecule has 0 aliphatic heterocycles. The van der Waals surface area contributed by atoms with Gasteiger partial charge in [-0.15, -0.1) is 13.2 Å². The van der Waals surface area contributed by atoms with Gasteiger partial charge in [-0.25, -0.2) is 9.37 Å². The van der Waals surface area contributed by atoms with Gasteiger partial charge in [0.2, 0.25) is 0 Å². The summed E-state index contributed by atoms with van der Waals surface area (Å²) in [6.45, 7) is -1.83. The van der Waals surface area contributed by atoms with Gasteiger partial charge in [0.1, 0.15) is 12.4 Å². The molecule has 0 fully saturated rings. The number of hydrogen-bond donors (Lipinski definition) is 2. The van der Waals surface area contributed by atoms with Crippen molar-refractivity contribution in [3.05, 3.63) is 17.5 Å². The first-order valence-corrected chi connectivity index (χ1v) is 4.08. The molecule has 0 unspecified atom stereocenters. The average Bonchev–Trinajstić information content (AvgIpc) is 2.19. The molecule has 1 aromatic heterocycles. The lowest BCUT2D eigenvalue weighted by molar-refractivity contribution is -0.274. The monoisotopic (exact) mass is 240 g/mol. The highest BCUT2D eigenvalue weighted by Crippen LogP contribution is 2.31. The second-order valence-electron chi connectivity index (χ2n) is 2.82. The van der Waals surface area contributed by atoms with Crippen LogP contribution in [0.2, 0.25) is 0 Å². The van der Waals surface area contributed by atoms with Gasteiger partial charge < -0.3 is 15.6 Å². The molecular weight excluding hydrogens is 232 g/mol. The number of aromatic nitrogens is 1. The van der Waals surface area contributed by atoms with Crippen molar-refractivity contribution in [1.82, 2.24) is 4.98 Å². The maximum atomic E-state index is 12.2. The molecule has 3 N–H and O–H groups in total. The average molecular weight is 240 g/mol. The fourth-order valence-corrected chi connectivity index (χ4v) is 1.08. The van der Waals surface area contributed by atoms with Crippen molar-refractivity contribution in [3.63, 3.8) is 0 Å². The molecule has 8 heteroatoms. The number of halogens is 4. The number of aliphatic hydroxyl groups is 1. The summed E-state index contributed by atoms with van der Waals surface area (Å²) in [5, 5.41) is 8.77. The number of nitrogens with zero attached hydrogens (tertiary/aromatic N) is 1. The number of rotatable bonds is 3. The highest BCUT2D eigenvalue weighted by Gasteiger charge is 2.33. The Labute approximate surface area is 87.7 Å². The summed E-state index contributed by atoms with van der Waals surface area (Å²) < 4.78 is 51.7. The van der Waals surface area contributed by atoms with Crippen LogP contribution in [-0.2, 0) is 13.3 Å². The van der Waals surface area contributed by atoms with Gasteiger partial charge >= 0.3 is 6.36 Å². The van der Waals surface area contributed by atoms with Crippen LogP contribution in [0, 0.1) is 0 Å². The van der Waals surface area contributed by atoms with Crippen molar-refractivity contribution < 1.29 is 27.4 Å². The molecule has 0 bridgehead atoms. The van der Waals surface area contributed by atoms with Crippen LogP contribution >= 0.6 is 0 Å². The van der Waals surface area contributed by atoms with Crippen LogP contribution in [0.25, 0.3) is 0 Å². The maximum Gasteiger partial charge on any atom is 0.573 e. The molecule has 0 amide bonds. The van der Waals surface area contributed by atoms with Crippen LogP contribution in [0.5, 0.6) is 5.75 Å². The summed E-state index contributed by atoms with van der Waals surface area (Å²) in [6.07, 6.45) is -4.95. The van der Waals surface area contributed by atoms with E-state index >= 15 is 0 Å². The van der Waals surface area contributed by atoms with Crippen LogP contribution in [0.3, 0.4) is 0 Å². The lowest BCUT2D eigenvalue weighted by Gasteiger charge is -2.14. The van der Waals surface area contributed by atoms with Crippen LogP contribution in [0.1, 0.15) is 11.4 Å². The lowest BCUT2D eigenvalue weighted by atomic mass is 10.2. The van der Waals surface area contributed by atoms with Crippen molar-refractivity contribution in [3.8, 4) is 5.75 Å². The van der Waals surface area contributed by atoms with E-state index in [-0.39, 0.29) is 5.69 Å². The predicted molar refractivity (Wildman–Crippen MR) is 46.1 cm³/mol. The van der Waals surface area contributed by atoms with Gasteiger partial charge in [-0.3, -0.25) is 0 Å². The first-order valence-electron chi connectivity index (χ1n) is 4.08. The largest absolute Gasteiger partial charge is 0.573 e. The van der Waals surface area contributed by atoms with E-state index in [1.807, 2.05) is 0 Å². The Bertz CT molecular complexity index is 381. The van der Waals surface area contributed by atoms with Crippen LogP contribution in [-0.4, -0.2) is 16.5 Å². The topological polar surface area (TPSA) is 68.4 Å². The lowest BCUT2D eigenvalue weighted by Crippen LogP contribution is -2.20. The van der Waals surface area contributed by atoms with Gasteiger partial charge in [0.15, 0.2) is 5.75 Å². The molecule has 0 atom stereocenters. The molecule has 0 radical (unpaired) electrons. The zero-order chi connectivity index (χ0) is 12.3. The minimum atomic E-state index is -4.95. The zero-order valence-electron chi connectivity index (χ0n) is 7.88. The number of ether oxygens (including phenoxy) is 1. The molecule has 16 heavy (non-hydrogen) atoms. The van der Waals surface area contributed by atoms with Gasteiger partial charge in [-0.2, -0.15) is 0 Å². The number of anilines is 1. The highest BCUT2D eigenvalue weighted by atomic mass is 19.4. The second-order valence-corrected chi connectivity index (χ2v) is 2.82. The predicted octanol–water partition coefficient (Wildman–Crippen LogP) is 1.52. The molecule has 90 valence electrons. The Morgan fingerprint density at radius 3 is 2.50 bits per heavy atom. The summed E-state index contributed by atoms with van der Waals surface area (Å²) in [6, 6.07) is 0.917. The van der Waals surface area contributed by atoms with Crippen molar-refractivity contribution >= 4 is 5.69 Å². The molecule has 0 spiro atoms. The van der Waals surface area contributed by atoms with Crippen molar-refractivity contribution in [2.45, 2.75) is 19.6 Å². The molecule has 1 rings (SSSR count). The molecule has 4 nitrogen and oxygen atoms in total. The third-order valence-electron chi connectivity index (χ3n) is 1.63. The number of hydrogen-bond acceptors (Lipinski definition) is 4. The van der Waals surface area contributed by atoms with Crippen LogP contribution in [0.15, 0.2) is 6.07 Å². The Balaban J connectivity index is 3.16. The molecule has 0 saturated heterocycles. The van der Waals surface area contributed by atoms with E-state index in [0.29, 0.717) is 0 Å². The van der Waals surface area contributed by atoms with Gasteiger partial charge in [-0.05, 0) is 6.07 Å². The summed E-state index contributed by atoms with van der Waals surface area (Å²) in [7, 11) is 0. The first-order chi connectivity index (χ1) is 7.37. The quantitative estimate of drug-likeness (QED) is 0.786. The minimum Gasteiger partial charge on any atom is -0.402 e. The molecule has 0 aromatic carbocycles. The highest BCUT2D eigenvalue weighted by molar-refractivity contribution is 5.55. The van der Waals surface area contributed by atoms with E-state index in [4.69, 9.17) is 10.8 Å². The van der Waals surface area contributed by atoms with E-state index in [1.165, 1.54) is 0 Å². The van der Waals surface area contributed by atoms with E-state index in [2.05, 4.69) is 9.72 Å². The second kappa shape index (κ2) is 4.52. The first kappa shape index (κ1) is 12.5. The number of alkyl halides is 4. The molecule has 1 heterocycles. The third-order valence-corrected chi connectivity index (χ3v) is 1.63. The maximum absolute atomic E-state index is 12.2. The SMILES string of the molecule is Nc1cc(CF)nc(CO)c1OC(F)(F)F. The molecule has 0 aliphatic carbocycles. The standard InChI is InChI=1S/C8H8F4N2O2/c9-2-4-1-5(13)7(6(3-15)14-4)16-8(10,11)12/h1,15H,2-3H2,(H2,13,14). The molecule has 0 aliphatic rings. The van der Waals surface area contributed by atoms with Crippen molar-refractivity contribution in [2.24, 2.45) is 0 Å². The Hall–Kier alpha value is -1.57. The van der Waals surface area contributed by atoms with E-state index in [0.717, 1.165) is 6.07 Å². The molecule has 0 saturated carbocycles. The summed E-state index contributed by atoms with van der Waals surface area (Å²) >= 11 is 0. The fraction of sp³-hybridized carbons (Fsp3) is 0.375. The smallest absolute Gasteiger partial charge is 0.402 e. The van der Waals surface area contributed by atoms with E-state index < -0.39 is 36.8 Å². The Kier molecular flexibility index (Phi) is 3.53. The summed E-state index contributed by atoms with van der Waals surface area (Å²) in [5.41, 5.74) is 4.19. The fourth-order valence-electron chi connectivity index (χ4n) is 1.08. The van der Waals surface area contributed by atoms with Gasteiger partial charge in [-0.1, -0.05) is 0 Å². The van der Waals surface area contributed by atoms with Crippen LogP contribution < -0.4 is 10.5 Å². The summed E-state index contributed by atoms with van der Waals surface area (Å²) in [4.78, 5) is 3.42. The Morgan fingerprint density at radius 2 is 2.06 bits per heavy atom. The normalized spacial score (nSPS) is 11.6. The number of nitrogens with two attached hydrogens (primary N) is 1. The van der Waals surface area contributed by atoms with Gasteiger partial charge in [0.05, 0.1) is 18.0 Å². The third kappa shape index (κ3) is 2.96. The van der Waals surface area contributed by atoms with E-state index in [1.54, 1.807) is 0 Å². The van der Waals surface area contributed by atoms with Gasteiger partial charge in [0, 0.05) is 0 Å². The number of nitrogen functional groups attached to an aromatic ring is 1. The van der Waals surface area contributed by atoms with Crippen molar-refractivity contribution in [1.29, 1.82) is 0 Å².